The Morgan fingerprint density at radius 2 is 2.05 bits per heavy atom. The minimum Gasteiger partial charge on any atom is -0.338 e. The van der Waals surface area contributed by atoms with Crippen LogP contribution in [0.2, 0.25) is 0 Å². The van der Waals surface area contributed by atoms with Crippen molar-refractivity contribution in [3.05, 3.63) is 33.1 Å². The molecule has 6 nitrogen and oxygen atoms in total. The number of rotatable bonds is 5. The third kappa shape index (κ3) is 2.77. The van der Waals surface area contributed by atoms with E-state index >= 15 is 0 Å². The maximum atomic E-state index is 12.1. The Morgan fingerprint density at radius 3 is 2.58 bits per heavy atom. The average Bonchev–Trinajstić information content (AvgIpc) is 3.20. The van der Waals surface area contributed by atoms with Crippen LogP contribution in [0.25, 0.3) is 0 Å². The number of carbonyl (C=O) groups excluding carboxylic acids is 1. The van der Waals surface area contributed by atoms with E-state index < -0.39 is 11.2 Å². The molecule has 1 amide bonds. The third-order valence-electron chi connectivity index (χ3n) is 3.42. The summed E-state index contributed by atoms with van der Waals surface area (Å²) in [5.41, 5.74) is -0.842. The third-order valence-corrected chi connectivity index (χ3v) is 3.42. The quantitative estimate of drug-likeness (QED) is 0.755. The van der Waals surface area contributed by atoms with Gasteiger partial charge in [0.05, 0.1) is 0 Å². The second-order valence-corrected chi connectivity index (χ2v) is 4.72. The monoisotopic (exact) mass is 265 g/mol. The zero-order chi connectivity index (χ0) is 14.0. The Hall–Kier alpha value is -1.85. The fourth-order valence-corrected chi connectivity index (χ4v) is 2.19. The molecular weight excluding hydrogens is 246 g/mol. The lowest BCUT2D eigenvalue weighted by Crippen LogP contribution is -2.44. The Kier molecular flexibility index (Phi) is 3.87. The Morgan fingerprint density at radius 1 is 1.37 bits per heavy atom. The van der Waals surface area contributed by atoms with Gasteiger partial charge in [-0.25, -0.2) is 4.79 Å². The van der Waals surface area contributed by atoms with E-state index in [-0.39, 0.29) is 12.5 Å². The van der Waals surface area contributed by atoms with E-state index in [9.17, 15) is 14.4 Å². The first-order chi connectivity index (χ1) is 9.08. The number of aromatic nitrogens is 2. The van der Waals surface area contributed by atoms with Crippen molar-refractivity contribution in [3.8, 4) is 0 Å². The lowest BCUT2D eigenvalue weighted by atomic mass is 10.4. The van der Waals surface area contributed by atoms with Gasteiger partial charge in [0.2, 0.25) is 5.91 Å². The molecule has 1 heterocycles. The first-order valence-corrected chi connectivity index (χ1v) is 6.68. The highest BCUT2D eigenvalue weighted by Crippen LogP contribution is 2.26. The van der Waals surface area contributed by atoms with Crippen LogP contribution in [-0.2, 0) is 17.9 Å². The molecule has 0 N–H and O–H groups in total. The van der Waals surface area contributed by atoms with Crippen LogP contribution in [0.5, 0.6) is 0 Å². The van der Waals surface area contributed by atoms with Gasteiger partial charge in [0, 0.05) is 31.4 Å². The van der Waals surface area contributed by atoms with Crippen LogP contribution >= 0.6 is 0 Å². The number of nitrogens with zero attached hydrogens (tertiary/aromatic N) is 3. The van der Waals surface area contributed by atoms with Gasteiger partial charge >= 0.3 is 5.69 Å². The van der Waals surface area contributed by atoms with Crippen molar-refractivity contribution in [1.82, 2.24) is 14.0 Å². The van der Waals surface area contributed by atoms with Gasteiger partial charge in [0.15, 0.2) is 0 Å². The molecule has 1 aromatic rings. The van der Waals surface area contributed by atoms with E-state index in [1.54, 1.807) is 4.90 Å². The van der Waals surface area contributed by atoms with Gasteiger partial charge in [-0.3, -0.25) is 14.2 Å². The molecule has 1 fully saturated rings. The van der Waals surface area contributed by atoms with E-state index in [1.165, 1.54) is 16.8 Å². The number of aryl methyl sites for hydroxylation is 1. The number of hydrogen-bond donors (Lipinski definition) is 0. The van der Waals surface area contributed by atoms with Gasteiger partial charge in [0.1, 0.15) is 6.54 Å². The largest absolute Gasteiger partial charge is 0.338 e. The van der Waals surface area contributed by atoms with Crippen molar-refractivity contribution in [3.63, 3.8) is 0 Å². The van der Waals surface area contributed by atoms with Crippen LogP contribution in [0.3, 0.4) is 0 Å². The number of hydrogen-bond acceptors (Lipinski definition) is 3. The zero-order valence-electron chi connectivity index (χ0n) is 11.3. The molecule has 1 aliphatic rings. The molecule has 0 unspecified atom stereocenters. The van der Waals surface area contributed by atoms with E-state index in [4.69, 9.17) is 0 Å². The molecule has 1 saturated carbocycles. The smallest absolute Gasteiger partial charge is 0.331 e. The van der Waals surface area contributed by atoms with E-state index in [0.29, 0.717) is 19.1 Å². The van der Waals surface area contributed by atoms with Crippen LogP contribution in [0.15, 0.2) is 21.9 Å². The SMILES string of the molecule is CCN(C(=O)Cn1c(=O)ccn(CC)c1=O)C1CC1. The van der Waals surface area contributed by atoms with Crippen LogP contribution in [0.1, 0.15) is 26.7 Å². The summed E-state index contributed by atoms with van der Waals surface area (Å²) < 4.78 is 2.43. The molecule has 2 rings (SSSR count). The van der Waals surface area contributed by atoms with Crippen molar-refractivity contribution in [2.45, 2.75) is 45.8 Å². The molecule has 6 heteroatoms. The van der Waals surface area contributed by atoms with Crippen LogP contribution in [-0.4, -0.2) is 32.5 Å². The Bertz CT molecular complexity index is 584. The first-order valence-electron chi connectivity index (χ1n) is 6.68. The molecule has 1 aliphatic carbocycles. The summed E-state index contributed by atoms with van der Waals surface area (Å²) in [6, 6.07) is 1.62. The molecule has 0 saturated heterocycles. The summed E-state index contributed by atoms with van der Waals surface area (Å²) in [5, 5.41) is 0. The van der Waals surface area contributed by atoms with Crippen molar-refractivity contribution in [2.75, 3.05) is 6.54 Å². The topological polar surface area (TPSA) is 64.3 Å². The second kappa shape index (κ2) is 5.42. The molecule has 104 valence electrons. The summed E-state index contributed by atoms with van der Waals surface area (Å²) in [7, 11) is 0. The number of amides is 1. The molecule has 19 heavy (non-hydrogen) atoms. The van der Waals surface area contributed by atoms with Gasteiger partial charge in [-0.1, -0.05) is 0 Å². The molecule has 0 spiro atoms. The Labute approximate surface area is 111 Å². The highest BCUT2D eigenvalue weighted by molar-refractivity contribution is 5.76. The van der Waals surface area contributed by atoms with Crippen LogP contribution in [0.4, 0.5) is 0 Å². The second-order valence-electron chi connectivity index (χ2n) is 4.72. The summed E-state index contributed by atoms with van der Waals surface area (Å²) in [4.78, 5) is 37.6. The van der Waals surface area contributed by atoms with Crippen LogP contribution in [0, 0.1) is 0 Å². The Balaban J connectivity index is 2.25. The molecule has 0 aliphatic heterocycles. The van der Waals surface area contributed by atoms with Crippen molar-refractivity contribution in [1.29, 1.82) is 0 Å². The van der Waals surface area contributed by atoms with Crippen molar-refractivity contribution >= 4 is 5.91 Å². The van der Waals surface area contributed by atoms with Crippen molar-refractivity contribution in [2.24, 2.45) is 0 Å². The van der Waals surface area contributed by atoms with Gasteiger partial charge in [-0.05, 0) is 26.7 Å². The molecule has 0 radical (unpaired) electrons. The average molecular weight is 265 g/mol. The summed E-state index contributed by atoms with van der Waals surface area (Å²) in [6.45, 7) is 4.66. The molecule has 1 aromatic heterocycles. The minimum atomic E-state index is -0.421. The standard InChI is InChI=1S/C13H19N3O3/c1-3-14-8-7-11(17)16(13(14)19)9-12(18)15(4-2)10-5-6-10/h7-8,10H,3-6,9H2,1-2H3. The van der Waals surface area contributed by atoms with Gasteiger partial charge in [-0.2, -0.15) is 0 Å². The first kappa shape index (κ1) is 13.6. The number of likely N-dealkylation sites (N-methyl/N-ethyl adjacent to an activating group) is 1. The lowest BCUT2D eigenvalue weighted by Gasteiger charge is -2.20. The minimum absolute atomic E-state index is 0.155. The molecular formula is C13H19N3O3. The number of carbonyl (C=O) groups is 1. The summed E-state index contributed by atoms with van der Waals surface area (Å²) >= 11 is 0. The van der Waals surface area contributed by atoms with E-state index in [1.807, 2.05) is 13.8 Å². The fraction of sp³-hybridized carbons (Fsp3) is 0.615. The highest BCUT2D eigenvalue weighted by Gasteiger charge is 2.31. The van der Waals surface area contributed by atoms with Gasteiger partial charge in [-0.15, -0.1) is 0 Å². The van der Waals surface area contributed by atoms with E-state index in [2.05, 4.69) is 0 Å². The van der Waals surface area contributed by atoms with E-state index in [0.717, 1.165) is 17.4 Å². The summed E-state index contributed by atoms with van der Waals surface area (Å²) in [5.74, 6) is -0.155. The molecule has 0 aromatic carbocycles. The predicted molar refractivity (Wildman–Crippen MR) is 71.0 cm³/mol. The molecule has 0 atom stereocenters. The van der Waals surface area contributed by atoms with Crippen molar-refractivity contribution < 1.29 is 4.79 Å². The van der Waals surface area contributed by atoms with Gasteiger partial charge < -0.3 is 9.47 Å². The van der Waals surface area contributed by atoms with Gasteiger partial charge in [0.25, 0.3) is 5.56 Å². The fourth-order valence-electron chi connectivity index (χ4n) is 2.19. The molecule has 0 bridgehead atoms. The summed E-state index contributed by atoms with van der Waals surface area (Å²) in [6.07, 6.45) is 3.50. The van der Waals surface area contributed by atoms with Crippen LogP contribution < -0.4 is 11.2 Å². The predicted octanol–water partition coefficient (Wildman–Crippen LogP) is 0.0408. The highest BCUT2D eigenvalue weighted by atomic mass is 16.2. The normalized spacial score (nSPS) is 14.4. The maximum absolute atomic E-state index is 12.1. The maximum Gasteiger partial charge on any atom is 0.331 e. The lowest BCUT2D eigenvalue weighted by molar-refractivity contribution is -0.132. The zero-order valence-corrected chi connectivity index (χ0v) is 11.3.